The third-order valence-corrected chi connectivity index (χ3v) is 3.95. The third-order valence-electron chi connectivity index (χ3n) is 3.95. The van der Waals surface area contributed by atoms with Crippen molar-refractivity contribution in [3.05, 3.63) is 29.3 Å². The van der Waals surface area contributed by atoms with Gasteiger partial charge in [0.15, 0.2) is 0 Å². The summed E-state index contributed by atoms with van der Waals surface area (Å²) in [4.78, 5) is 10.9. The van der Waals surface area contributed by atoms with Gasteiger partial charge in [-0.25, -0.2) is 0 Å². The highest BCUT2D eigenvalue weighted by Crippen LogP contribution is 2.33. The Morgan fingerprint density at radius 2 is 1.89 bits per heavy atom. The second kappa shape index (κ2) is 6.09. The van der Waals surface area contributed by atoms with E-state index in [4.69, 9.17) is 9.84 Å². The Morgan fingerprint density at radius 1 is 1.26 bits per heavy atom. The van der Waals surface area contributed by atoms with E-state index in [2.05, 4.69) is 0 Å². The van der Waals surface area contributed by atoms with Crippen LogP contribution < -0.4 is 4.74 Å². The summed E-state index contributed by atoms with van der Waals surface area (Å²) >= 11 is 0. The number of aryl methyl sites for hydroxylation is 2. The van der Waals surface area contributed by atoms with Gasteiger partial charge in [0.1, 0.15) is 11.9 Å². The molecule has 1 aromatic carbocycles. The van der Waals surface area contributed by atoms with Crippen LogP contribution in [-0.4, -0.2) is 17.2 Å². The molecular formula is C16H22O3. The first-order chi connectivity index (χ1) is 9.08. The Kier molecular flexibility index (Phi) is 4.46. The fourth-order valence-corrected chi connectivity index (χ4v) is 2.92. The van der Waals surface area contributed by atoms with E-state index in [0.29, 0.717) is 0 Å². The van der Waals surface area contributed by atoms with E-state index in [-0.39, 0.29) is 18.4 Å². The number of carboxylic acids is 1. The lowest BCUT2D eigenvalue weighted by atomic mass is 9.84. The van der Waals surface area contributed by atoms with Gasteiger partial charge in [-0.15, -0.1) is 0 Å². The van der Waals surface area contributed by atoms with Gasteiger partial charge >= 0.3 is 5.97 Å². The van der Waals surface area contributed by atoms with E-state index in [9.17, 15) is 4.79 Å². The van der Waals surface area contributed by atoms with Crippen molar-refractivity contribution in [2.75, 3.05) is 0 Å². The normalized spacial score (nSPS) is 23.1. The molecule has 0 aliphatic heterocycles. The molecule has 0 radical (unpaired) electrons. The summed E-state index contributed by atoms with van der Waals surface area (Å²) < 4.78 is 6.17. The molecule has 1 fully saturated rings. The molecule has 104 valence electrons. The molecule has 1 aromatic rings. The molecule has 0 saturated heterocycles. The highest BCUT2D eigenvalue weighted by atomic mass is 16.5. The van der Waals surface area contributed by atoms with Crippen molar-refractivity contribution >= 4 is 5.97 Å². The minimum absolute atomic E-state index is 0.0460. The molecule has 1 N–H and O–H groups in total. The van der Waals surface area contributed by atoms with E-state index in [0.717, 1.165) is 42.6 Å². The fourth-order valence-electron chi connectivity index (χ4n) is 2.92. The molecule has 1 aliphatic rings. The fraction of sp³-hybridized carbons (Fsp3) is 0.562. The Bertz CT molecular complexity index is 433. The van der Waals surface area contributed by atoms with Crippen LogP contribution in [0, 0.1) is 19.8 Å². The largest absolute Gasteiger partial charge is 0.490 e. The molecule has 1 aliphatic carbocycles. The maximum atomic E-state index is 10.9. The van der Waals surface area contributed by atoms with Gasteiger partial charge in [0.25, 0.3) is 0 Å². The van der Waals surface area contributed by atoms with E-state index in [1.165, 1.54) is 0 Å². The number of hydrogen-bond donors (Lipinski definition) is 1. The monoisotopic (exact) mass is 262 g/mol. The first kappa shape index (κ1) is 13.9. The van der Waals surface area contributed by atoms with Gasteiger partial charge in [-0.05, 0) is 44.2 Å². The van der Waals surface area contributed by atoms with Gasteiger partial charge in [0.05, 0.1) is 6.42 Å². The van der Waals surface area contributed by atoms with Crippen LogP contribution in [0.1, 0.15) is 43.2 Å². The Hall–Kier alpha value is -1.51. The van der Waals surface area contributed by atoms with Crippen molar-refractivity contribution < 1.29 is 14.6 Å². The van der Waals surface area contributed by atoms with Gasteiger partial charge in [0.2, 0.25) is 0 Å². The minimum Gasteiger partial charge on any atom is -0.490 e. The molecule has 0 bridgehead atoms. The van der Waals surface area contributed by atoms with Crippen molar-refractivity contribution in [1.29, 1.82) is 0 Å². The molecule has 2 atom stereocenters. The van der Waals surface area contributed by atoms with Crippen LogP contribution in [0.5, 0.6) is 5.75 Å². The molecule has 0 amide bonds. The SMILES string of the molecule is Cc1cccc(C)c1OC1CCCCC1CC(=O)O. The molecule has 2 rings (SSSR count). The molecule has 3 heteroatoms. The van der Waals surface area contributed by atoms with Crippen LogP contribution in [0.2, 0.25) is 0 Å². The Balaban J connectivity index is 2.13. The van der Waals surface area contributed by atoms with Crippen LogP contribution in [0.4, 0.5) is 0 Å². The van der Waals surface area contributed by atoms with Gasteiger partial charge in [0, 0.05) is 5.92 Å². The van der Waals surface area contributed by atoms with Crippen LogP contribution >= 0.6 is 0 Å². The lowest BCUT2D eigenvalue weighted by Crippen LogP contribution is -2.32. The van der Waals surface area contributed by atoms with Crippen LogP contribution in [0.25, 0.3) is 0 Å². The molecule has 3 nitrogen and oxygen atoms in total. The zero-order chi connectivity index (χ0) is 13.8. The molecule has 1 saturated carbocycles. The number of hydrogen-bond acceptors (Lipinski definition) is 2. The molecule has 0 spiro atoms. The number of para-hydroxylation sites is 1. The molecule has 19 heavy (non-hydrogen) atoms. The lowest BCUT2D eigenvalue weighted by molar-refractivity contribution is -0.139. The van der Waals surface area contributed by atoms with Crippen LogP contribution in [0.15, 0.2) is 18.2 Å². The summed E-state index contributed by atoms with van der Waals surface area (Å²) in [6, 6.07) is 6.10. The van der Waals surface area contributed by atoms with E-state index in [1.807, 2.05) is 32.0 Å². The quantitative estimate of drug-likeness (QED) is 0.899. The van der Waals surface area contributed by atoms with Crippen molar-refractivity contribution in [3.8, 4) is 5.75 Å². The topological polar surface area (TPSA) is 46.5 Å². The average molecular weight is 262 g/mol. The van der Waals surface area contributed by atoms with Gasteiger partial charge < -0.3 is 9.84 Å². The highest BCUT2D eigenvalue weighted by molar-refractivity contribution is 5.67. The van der Waals surface area contributed by atoms with E-state index >= 15 is 0 Å². The molecular weight excluding hydrogens is 240 g/mol. The maximum Gasteiger partial charge on any atom is 0.303 e. The van der Waals surface area contributed by atoms with Crippen LogP contribution in [-0.2, 0) is 4.79 Å². The van der Waals surface area contributed by atoms with E-state index in [1.54, 1.807) is 0 Å². The summed E-state index contributed by atoms with van der Waals surface area (Å²) in [5.74, 6) is 0.358. The summed E-state index contributed by atoms with van der Waals surface area (Å²) in [6.45, 7) is 4.08. The minimum atomic E-state index is -0.720. The zero-order valence-corrected chi connectivity index (χ0v) is 11.7. The second-order valence-electron chi connectivity index (χ2n) is 5.52. The molecule has 2 unspecified atom stereocenters. The molecule has 0 aromatic heterocycles. The number of carbonyl (C=O) groups is 1. The predicted octanol–water partition coefficient (Wildman–Crippen LogP) is 3.72. The summed E-state index contributed by atoms with van der Waals surface area (Å²) in [7, 11) is 0. The zero-order valence-electron chi connectivity index (χ0n) is 11.7. The Morgan fingerprint density at radius 3 is 2.53 bits per heavy atom. The average Bonchev–Trinajstić information content (AvgIpc) is 2.35. The highest BCUT2D eigenvalue weighted by Gasteiger charge is 2.29. The number of ether oxygens (including phenoxy) is 1. The summed E-state index contributed by atoms with van der Waals surface area (Å²) in [6.07, 6.45) is 4.43. The number of carboxylic acid groups (broad SMARTS) is 1. The van der Waals surface area contributed by atoms with Crippen molar-refractivity contribution in [2.24, 2.45) is 5.92 Å². The smallest absolute Gasteiger partial charge is 0.303 e. The molecule has 0 heterocycles. The first-order valence-electron chi connectivity index (χ1n) is 7.02. The maximum absolute atomic E-state index is 10.9. The standard InChI is InChI=1S/C16H22O3/c1-11-6-5-7-12(2)16(11)19-14-9-4-3-8-13(14)10-15(17)18/h5-7,13-14H,3-4,8-10H2,1-2H3,(H,17,18). The van der Waals surface area contributed by atoms with Gasteiger partial charge in [-0.2, -0.15) is 0 Å². The number of benzene rings is 1. The lowest BCUT2D eigenvalue weighted by Gasteiger charge is -2.32. The number of aliphatic carboxylic acids is 1. The summed E-state index contributed by atoms with van der Waals surface area (Å²) in [5.41, 5.74) is 2.25. The number of rotatable bonds is 4. The van der Waals surface area contributed by atoms with Crippen molar-refractivity contribution in [2.45, 2.75) is 52.1 Å². The second-order valence-corrected chi connectivity index (χ2v) is 5.52. The first-order valence-corrected chi connectivity index (χ1v) is 7.02. The van der Waals surface area contributed by atoms with Crippen molar-refractivity contribution in [3.63, 3.8) is 0 Å². The van der Waals surface area contributed by atoms with Gasteiger partial charge in [-0.1, -0.05) is 24.6 Å². The Labute approximate surface area is 114 Å². The predicted molar refractivity (Wildman–Crippen MR) is 74.5 cm³/mol. The van der Waals surface area contributed by atoms with Crippen LogP contribution in [0.3, 0.4) is 0 Å². The van der Waals surface area contributed by atoms with Gasteiger partial charge in [-0.3, -0.25) is 4.79 Å². The third kappa shape index (κ3) is 3.49. The van der Waals surface area contributed by atoms with Crippen molar-refractivity contribution in [1.82, 2.24) is 0 Å². The van der Waals surface area contributed by atoms with E-state index < -0.39 is 5.97 Å². The summed E-state index contributed by atoms with van der Waals surface area (Å²) in [5, 5.41) is 9.00.